The van der Waals surface area contributed by atoms with Crippen LogP contribution in [-0.4, -0.2) is 37.9 Å². The standard InChI is InChI=1S/C16H21NP.C14H16N.Pd/c1-18(14-9-3-2-4-10-14)15-11-5-7-13-8-6-12-17-16(13)15;1-11(15(2)3)13-10-6-8-12-7-4-5-9-14(12)13;/h5-8,11,14H,2-4,9-10,12H2,1H3;4-9,11H,1-3H3;/q2*-1;/p+1. The van der Waals surface area contributed by atoms with E-state index in [-0.39, 0.29) is 20.4 Å². The molecule has 0 spiro atoms. The molecule has 1 saturated carbocycles. The second-order valence-corrected chi connectivity index (χ2v) is 12.3. The van der Waals surface area contributed by atoms with Gasteiger partial charge in [0.15, 0.2) is 0 Å². The molecule has 3 aromatic carbocycles. The maximum atomic E-state index is 4.75. The van der Waals surface area contributed by atoms with Gasteiger partial charge < -0.3 is 10.2 Å². The molecule has 2 atom stereocenters. The number of para-hydroxylation sites is 1. The minimum atomic E-state index is -0.435. The summed E-state index contributed by atoms with van der Waals surface area (Å²) in [6.07, 6.45) is 11.6. The Bertz CT molecular complexity index is 1080. The molecule has 3 aromatic rings. The summed E-state index contributed by atoms with van der Waals surface area (Å²) < 4.78 is 0. The van der Waals surface area contributed by atoms with Gasteiger partial charge in [-0.25, -0.2) is 0 Å². The topological polar surface area (TPSA) is 17.3 Å². The number of rotatable bonds is 4. The summed E-state index contributed by atoms with van der Waals surface area (Å²) >= 11 is 0. The van der Waals surface area contributed by atoms with Gasteiger partial charge in [0.05, 0.1) is 17.6 Å². The van der Waals surface area contributed by atoms with Gasteiger partial charge >= 0.3 is 0 Å². The summed E-state index contributed by atoms with van der Waals surface area (Å²) in [6.45, 7) is 5.58. The van der Waals surface area contributed by atoms with Crippen molar-refractivity contribution < 1.29 is 20.4 Å². The van der Waals surface area contributed by atoms with Crippen molar-refractivity contribution in [2.24, 2.45) is 0 Å². The molecule has 34 heavy (non-hydrogen) atoms. The van der Waals surface area contributed by atoms with E-state index in [1.807, 2.05) is 6.07 Å². The van der Waals surface area contributed by atoms with Gasteiger partial charge in [-0.1, -0.05) is 48.5 Å². The predicted molar refractivity (Wildman–Crippen MR) is 149 cm³/mol. The fourth-order valence-corrected chi connectivity index (χ4v) is 7.73. The average molecular weight is 564 g/mol. The van der Waals surface area contributed by atoms with Crippen molar-refractivity contribution in [2.75, 3.05) is 27.3 Å². The van der Waals surface area contributed by atoms with E-state index in [1.165, 1.54) is 59.7 Å². The van der Waals surface area contributed by atoms with Crippen molar-refractivity contribution in [3.63, 3.8) is 0 Å². The quantitative estimate of drug-likeness (QED) is 0.180. The molecule has 1 heterocycles. The summed E-state index contributed by atoms with van der Waals surface area (Å²) in [7, 11) is 3.76. The van der Waals surface area contributed by atoms with Crippen LogP contribution in [0.25, 0.3) is 22.2 Å². The largest absolute Gasteiger partial charge is 0.677 e. The van der Waals surface area contributed by atoms with Crippen LogP contribution in [0, 0.1) is 6.07 Å². The normalized spacial score (nSPS) is 17.1. The molecular weight excluding hydrogens is 526 g/mol. The van der Waals surface area contributed by atoms with E-state index in [1.54, 1.807) is 5.30 Å². The third kappa shape index (κ3) is 6.39. The number of nitrogens with zero attached hydrogens (tertiary/aromatic N) is 2. The molecule has 4 heteroatoms. The van der Waals surface area contributed by atoms with E-state index < -0.39 is 7.92 Å². The zero-order valence-corrected chi connectivity index (χ0v) is 23.5. The summed E-state index contributed by atoms with van der Waals surface area (Å²) in [5.74, 6) is 0. The van der Waals surface area contributed by atoms with Crippen LogP contribution in [0.2, 0.25) is 0 Å². The second kappa shape index (κ2) is 13.0. The van der Waals surface area contributed by atoms with Gasteiger partial charge in [-0.3, -0.25) is 0 Å². The number of benzene rings is 3. The average Bonchev–Trinajstić information content (AvgIpc) is 2.88. The Hall–Kier alpha value is -1.49. The molecule has 0 N–H and O–H groups in total. The first-order chi connectivity index (χ1) is 16.1. The van der Waals surface area contributed by atoms with E-state index in [4.69, 9.17) is 5.32 Å². The van der Waals surface area contributed by atoms with Crippen LogP contribution in [0.3, 0.4) is 0 Å². The zero-order chi connectivity index (χ0) is 23.2. The summed E-state index contributed by atoms with van der Waals surface area (Å²) in [5, 5.41) is 8.92. The zero-order valence-electron chi connectivity index (χ0n) is 21.0. The van der Waals surface area contributed by atoms with E-state index in [0.29, 0.717) is 6.04 Å². The predicted octanol–water partition coefficient (Wildman–Crippen LogP) is 7.78. The molecule has 1 aliphatic heterocycles. The van der Waals surface area contributed by atoms with Gasteiger partial charge in [-0.05, 0) is 58.3 Å². The Kier molecular flexibility index (Phi) is 10.4. The molecule has 0 amide bonds. The van der Waals surface area contributed by atoms with E-state index >= 15 is 0 Å². The second-order valence-electron chi connectivity index (χ2n) is 9.62. The Morgan fingerprint density at radius 2 is 1.76 bits per heavy atom. The third-order valence-corrected chi connectivity index (χ3v) is 10.4. The Morgan fingerprint density at radius 3 is 2.53 bits per heavy atom. The number of hydrogen-bond acceptors (Lipinski definition) is 1. The van der Waals surface area contributed by atoms with E-state index in [9.17, 15) is 0 Å². The molecule has 5 rings (SSSR count). The monoisotopic (exact) mass is 563 g/mol. The molecule has 0 saturated heterocycles. The van der Waals surface area contributed by atoms with E-state index in [0.717, 1.165) is 12.2 Å². The van der Waals surface area contributed by atoms with Gasteiger partial charge in [0, 0.05) is 34.4 Å². The first-order valence-corrected chi connectivity index (χ1v) is 14.5. The van der Waals surface area contributed by atoms with Crippen molar-refractivity contribution in [2.45, 2.75) is 50.7 Å². The maximum absolute atomic E-state index is 4.75. The fourth-order valence-electron chi connectivity index (χ4n) is 5.06. The van der Waals surface area contributed by atoms with Crippen molar-refractivity contribution in [3.8, 4) is 0 Å². The van der Waals surface area contributed by atoms with E-state index in [2.05, 4.69) is 99.3 Å². The molecule has 2 unspecified atom stereocenters. The first-order valence-electron chi connectivity index (χ1n) is 12.4. The molecule has 2 aliphatic rings. The minimum absolute atomic E-state index is 0. The van der Waals surface area contributed by atoms with Crippen LogP contribution in [-0.2, 0) is 20.4 Å². The van der Waals surface area contributed by atoms with Gasteiger partial charge in [0.25, 0.3) is 0 Å². The van der Waals surface area contributed by atoms with Crippen LogP contribution >= 0.6 is 7.92 Å². The summed E-state index contributed by atoms with van der Waals surface area (Å²) in [6, 6.07) is 23.1. The van der Waals surface area contributed by atoms with Gasteiger partial charge in [0.2, 0.25) is 0 Å². The van der Waals surface area contributed by atoms with Crippen molar-refractivity contribution in [1.29, 1.82) is 0 Å². The molecule has 0 radical (unpaired) electrons. The molecule has 2 nitrogen and oxygen atoms in total. The molecule has 0 bridgehead atoms. The number of fused-ring (bicyclic) bond motifs is 2. The summed E-state index contributed by atoms with van der Waals surface area (Å²) in [5.41, 5.74) is 4.88. The van der Waals surface area contributed by atoms with Gasteiger partial charge in [0.1, 0.15) is 0 Å². The van der Waals surface area contributed by atoms with Crippen LogP contribution < -0.4 is 5.30 Å². The Morgan fingerprint density at radius 1 is 1.00 bits per heavy atom. The molecule has 0 aromatic heterocycles. The van der Waals surface area contributed by atoms with Crippen LogP contribution in [0.5, 0.6) is 0 Å². The smallest absolute Gasteiger partial charge is 0.0773 e. The first kappa shape index (κ1) is 27.1. The maximum Gasteiger partial charge on any atom is 0.0773 e. The van der Waals surface area contributed by atoms with Crippen molar-refractivity contribution in [3.05, 3.63) is 83.2 Å². The SMILES string of the molecule is CC(c1[c-]ccc2ccccc12)N(C)C.C[PH+](c1cccc2c1[N-]CC=C2)C1CCCCC1.[Pd]. The Labute approximate surface area is 221 Å². The molecule has 1 fully saturated rings. The van der Waals surface area contributed by atoms with Crippen molar-refractivity contribution in [1.82, 2.24) is 4.90 Å². The Balaban J connectivity index is 0.000000188. The van der Waals surface area contributed by atoms with Crippen LogP contribution in [0.15, 0.2) is 60.7 Å². The third-order valence-electron chi connectivity index (χ3n) is 7.31. The molecule has 1 aliphatic carbocycles. The van der Waals surface area contributed by atoms with Crippen LogP contribution in [0.4, 0.5) is 5.69 Å². The number of hydrogen-bond donors (Lipinski definition) is 0. The molecule has 184 valence electrons. The fraction of sp³-hybridized carbons (Fsp3) is 0.400. The molecular formula is C30H38N2PPd-. The minimum Gasteiger partial charge on any atom is -0.677 e. The van der Waals surface area contributed by atoms with Gasteiger partial charge in [-0.15, -0.1) is 35.0 Å². The van der Waals surface area contributed by atoms with Crippen molar-refractivity contribution >= 4 is 35.8 Å². The van der Waals surface area contributed by atoms with Gasteiger partial charge in [-0.2, -0.15) is 18.2 Å². The summed E-state index contributed by atoms with van der Waals surface area (Å²) in [4.78, 5) is 2.21. The van der Waals surface area contributed by atoms with Crippen LogP contribution in [0.1, 0.15) is 56.2 Å².